The number of hydrogen-bond acceptors (Lipinski definition) is 6. The fraction of sp³-hybridized carbons (Fsp3) is 0.207. The summed E-state index contributed by atoms with van der Waals surface area (Å²) in [4.78, 5) is 37.5. The number of nitrogens with one attached hydrogen (secondary N) is 2. The fourth-order valence-corrected chi connectivity index (χ4v) is 4.21. The molecule has 198 valence electrons. The molecule has 0 aliphatic rings. The van der Waals surface area contributed by atoms with Gasteiger partial charge in [0, 0.05) is 21.0 Å². The molecule has 0 bridgehead atoms. The molecule has 3 aromatic rings. The number of para-hydroxylation sites is 2. The third kappa shape index (κ3) is 7.94. The summed E-state index contributed by atoms with van der Waals surface area (Å²) in [5.41, 5.74) is 6.85. The van der Waals surface area contributed by atoms with Gasteiger partial charge in [0.25, 0.3) is 5.91 Å². The second kappa shape index (κ2) is 12.9. The normalized spacial score (nSPS) is 12.1. The van der Waals surface area contributed by atoms with Crippen LogP contribution in [-0.2, 0) is 9.53 Å². The van der Waals surface area contributed by atoms with Gasteiger partial charge in [-0.1, -0.05) is 66.2 Å². The number of aromatic hydroxyl groups is 1. The van der Waals surface area contributed by atoms with Crippen LogP contribution in [0.1, 0.15) is 48.7 Å². The Balaban J connectivity index is 1.71. The largest absolute Gasteiger partial charge is 0.508 e. The molecule has 0 radical (unpaired) electrons. The number of amides is 3. The highest BCUT2D eigenvalue weighted by Gasteiger charge is 2.36. The van der Waals surface area contributed by atoms with Crippen molar-refractivity contribution < 1.29 is 24.2 Å². The molecule has 0 unspecified atom stereocenters. The van der Waals surface area contributed by atoms with E-state index in [-0.39, 0.29) is 11.7 Å². The van der Waals surface area contributed by atoms with Crippen LogP contribution in [-0.4, -0.2) is 23.0 Å². The van der Waals surface area contributed by atoms with E-state index in [1.54, 1.807) is 72.8 Å². The topological polar surface area (TPSA) is 131 Å². The fourth-order valence-electron chi connectivity index (χ4n) is 3.83. The second-order valence-corrected chi connectivity index (χ2v) is 10.2. The van der Waals surface area contributed by atoms with Crippen molar-refractivity contribution in [2.24, 2.45) is 5.41 Å². The molecule has 3 rings (SSSR count). The van der Waals surface area contributed by atoms with Crippen LogP contribution in [0.2, 0.25) is 0 Å². The molecule has 0 heterocycles. The molecule has 9 heteroatoms. The molecule has 3 aromatic carbocycles. The molecule has 0 fully saturated rings. The second-order valence-electron chi connectivity index (χ2n) is 9.31. The Morgan fingerprint density at radius 2 is 1.74 bits per heavy atom. The summed E-state index contributed by atoms with van der Waals surface area (Å²) in [5, 5.41) is 15.5. The number of phenols is 1. The third-order valence-electron chi connectivity index (χ3n) is 5.90. The molecule has 0 saturated heterocycles. The zero-order chi connectivity index (χ0) is 27.7. The average Bonchev–Trinajstić information content (AvgIpc) is 2.88. The Bertz CT molecular complexity index is 1320. The van der Waals surface area contributed by atoms with Crippen LogP contribution < -0.4 is 16.4 Å². The first-order valence-electron chi connectivity index (χ1n) is 11.9. The van der Waals surface area contributed by atoms with Crippen molar-refractivity contribution in [1.29, 1.82) is 0 Å². The molecule has 0 aromatic heterocycles. The van der Waals surface area contributed by atoms with Crippen molar-refractivity contribution >= 4 is 45.2 Å². The van der Waals surface area contributed by atoms with E-state index in [0.717, 1.165) is 0 Å². The van der Waals surface area contributed by atoms with Crippen molar-refractivity contribution in [3.8, 4) is 5.75 Å². The molecule has 5 N–H and O–H groups in total. The Hall–Kier alpha value is -4.11. The van der Waals surface area contributed by atoms with E-state index in [1.807, 2.05) is 13.8 Å². The van der Waals surface area contributed by atoms with Gasteiger partial charge in [-0.15, -0.1) is 0 Å². The maximum Gasteiger partial charge on any atom is 0.414 e. The monoisotopic (exact) mass is 579 g/mol. The molecule has 8 nitrogen and oxygen atoms in total. The van der Waals surface area contributed by atoms with Gasteiger partial charge in [-0.3, -0.25) is 14.9 Å². The standard InChI is InChI=1S/C29H30BrN3O5/c1-29(2,17-9-8-14-25(35)32-23-13-7-6-12-22(23)31)26(21-18-20(30)15-16-24(21)34)38-28(37)33-27(36)19-10-4-3-5-11-19/h3-8,10-16,18,26,34H,9,17,31H2,1-2H3,(H,32,35)(H,33,36,37)/b14-8+/t26-/m0/s1. The van der Waals surface area contributed by atoms with Crippen LogP contribution in [0.4, 0.5) is 16.2 Å². The molecule has 0 saturated carbocycles. The van der Waals surface area contributed by atoms with Gasteiger partial charge in [0.2, 0.25) is 5.91 Å². The number of carbonyl (C=O) groups is 3. The predicted molar refractivity (Wildman–Crippen MR) is 151 cm³/mol. The van der Waals surface area contributed by atoms with E-state index in [1.165, 1.54) is 12.1 Å². The summed E-state index contributed by atoms with van der Waals surface area (Å²) < 4.78 is 6.42. The Kier molecular flexibility index (Phi) is 9.67. The number of halogens is 1. The number of hydrogen-bond donors (Lipinski definition) is 4. The lowest BCUT2D eigenvalue weighted by Crippen LogP contribution is -2.35. The highest BCUT2D eigenvalue weighted by molar-refractivity contribution is 9.10. The Morgan fingerprint density at radius 3 is 2.45 bits per heavy atom. The van der Waals surface area contributed by atoms with Gasteiger partial charge in [0.1, 0.15) is 11.9 Å². The minimum absolute atomic E-state index is 0.0520. The Morgan fingerprint density at radius 1 is 1.05 bits per heavy atom. The van der Waals surface area contributed by atoms with E-state index in [2.05, 4.69) is 26.6 Å². The van der Waals surface area contributed by atoms with Crippen LogP contribution >= 0.6 is 15.9 Å². The van der Waals surface area contributed by atoms with E-state index < -0.39 is 23.5 Å². The average molecular weight is 580 g/mol. The highest BCUT2D eigenvalue weighted by atomic mass is 79.9. The van der Waals surface area contributed by atoms with Crippen molar-refractivity contribution in [2.75, 3.05) is 11.1 Å². The van der Waals surface area contributed by atoms with Gasteiger partial charge in [0.05, 0.1) is 11.4 Å². The maximum absolute atomic E-state index is 12.7. The summed E-state index contributed by atoms with van der Waals surface area (Å²) in [6.45, 7) is 3.76. The smallest absolute Gasteiger partial charge is 0.414 e. The van der Waals surface area contributed by atoms with Crippen LogP contribution in [0.25, 0.3) is 0 Å². The lowest BCUT2D eigenvalue weighted by atomic mass is 9.78. The van der Waals surface area contributed by atoms with Gasteiger partial charge in [-0.25, -0.2) is 4.79 Å². The maximum atomic E-state index is 12.7. The number of carbonyl (C=O) groups excluding carboxylic acids is 3. The number of phenolic OH excluding ortho intramolecular Hbond substituents is 1. The van der Waals surface area contributed by atoms with E-state index in [0.29, 0.717) is 39.8 Å². The minimum Gasteiger partial charge on any atom is -0.508 e. The SMILES string of the molecule is CC(C)(CC/C=C/C(=O)Nc1ccccc1N)[C@@H](OC(=O)NC(=O)c1ccccc1)c1cc(Br)ccc1O. The first kappa shape index (κ1) is 28.5. The first-order valence-corrected chi connectivity index (χ1v) is 12.7. The molecule has 0 aliphatic carbocycles. The summed E-state index contributed by atoms with van der Waals surface area (Å²) in [6, 6.07) is 20.1. The van der Waals surface area contributed by atoms with Crippen molar-refractivity contribution in [3.05, 3.63) is 101 Å². The summed E-state index contributed by atoms with van der Waals surface area (Å²) in [7, 11) is 0. The minimum atomic E-state index is -0.938. The predicted octanol–water partition coefficient (Wildman–Crippen LogP) is 6.35. The summed E-state index contributed by atoms with van der Waals surface area (Å²) >= 11 is 3.39. The third-order valence-corrected chi connectivity index (χ3v) is 6.39. The lowest BCUT2D eigenvalue weighted by Gasteiger charge is -2.34. The van der Waals surface area contributed by atoms with Gasteiger partial charge in [0.15, 0.2) is 0 Å². The number of imide groups is 1. The number of allylic oxidation sites excluding steroid dienone is 1. The zero-order valence-electron chi connectivity index (χ0n) is 21.1. The van der Waals surface area contributed by atoms with Gasteiger partial charge in [-0.2, -0.15) is 0 Å². The quantitative estimate of drug-likeness (QED) is 0.173. The molecule has 1 atom stereocenters. The van der Waals surface area contributed by atoms with Gasteiger partial charge < -0.3 is 20.9 Å². The zero-order valence-corrected chi connectivity index (χ0v) is 22.7. The number of ether oxygens (including phenoxy) is 1. The number of rotatable bonds is 9. The first-order chi connectivity index (χ1) is 18.1. The van der Waals surface area contributed by atoms with E-state index in [4.69, 9.17) is 10.5 Å². The molecular formula is C29H30BrN3O5. The number of anilines is 2. The van der Waals surface area contributed by atoms with Crippen LogP contribution in [0.3, 0.4) is 0 Å². The van der Waals surface area contributed by atoms with Crippen molar-refractivity contribution in [1.82, 2.24) is 5.32 Å². The number of alkyl carbamates (subject to hydrolysis) is 1. The lowest BCUT2D eigenvalue weighted by molar-refractivity contribution is -0.111. The number of nitrogens with two attached hydrogens (primary N) is 1. The van der Waals surface area contributed by atoms with Crippen molar-refractivity contribution in [2.45, 2.75) is 32.8 Å². The molecule has 0 spiro atoms. The number of benzene rings is 3. The molecule has 0 aliphatic heterocycles. The van der Waals surface area contributed by atoms with Gasteiger partial charge >= 0.3 is 6.09 Å². The van der Waals surface area contributed by atoms with E-state index >= 15 is 0 Å². The van der Waals surface area contributed by atoms with Crippen LogP contribution in [0, 0.1) is 5.41 Å². The molecule has 3 amide bonds. The summed E-state index contributed by atoms with van der Waals surface area (Å²) in [5.74, 6) is -0.973. The van der Waals surface area contributed by atoms with Crippen LogP contribution in [0.5, 0.6) is 5.75 Å². The van der Waals surface area contributed by atoms with E-state index in [9.17, 15) is 19.5 Å². The Labute approximate surface area is 230 Å². The van der Waals surface area contributed by atoms with Crippen LogP contribution in [0.15, 0.2) is 89.4 Å². The van der Waals surface area contributed by atoms with Gasteiger partial charge in [-0.05, 0) is 61.4 Å². The highest BCUT2D eigenvalue weighted by Crippen LogP contribution is 2.44. The summed E-state index contributed by atoms with van der Waals surface area (Å²) in [6.07, 6.45) is 2.25. The molecule has 38 heavy (non-hydrogen) atoms. The van der Waals surface area contributed by atoms with Crippen molar-refractivity contribution in [3.63, 3.8) is 0 Å². The number of nitrogen functional groups attached to an aromatic ring is 1. The molecular weight excluding hydrogens is 550 g/mol.